The van der Waals surface area contributed by atoms with Gasteiger partial charge in [0, 0.05) is 26.7 Å². The molecule has 0 bridgehead atoms. The number of carbonyl (C=O) groups excluding carboxylic acids is 1. The molecule has 132 valence electrons. The second kappa shape index (κ2) is 9.30. The molecular weight excluding hydrogens is 300 g/mol. The second-order valence-electron chi connectivity index (χ2n) is 6.48. The lowest BCUT2D eigenvalue weighted by Crippen LogP contribution is -2.50. The van der Waals surface area contributed by atoms with E-state index in [1.165, 1.54) is 5.56 Å². The zero-order chi connectivity index (χ0) is 17.4. The predicted molar refractivity (Wildman–Crippen MR) is 99.2 cm³/mol. The molecule has 1 fully saturated rings. The average Bonchev–Trinajstić information content (AvgIpc) is 2.61. The van der Waals surface area contributed by atoms with Crippen molar-refractivity contribution in [3.63, 3.8) is 0 Å². The van der Waals surface area contributed by atoms with E-state index in [-0.39, 0.29) is 12.5 Å². The molecule has 1 aromatic carbocycles. The van der Waals surface area contributed by atoms with Gasteiger partial charge in [-0.25, -0.2) is 0 Å². The molecule has 1 amide bonds. The molecule has 0 spiro atoms. The molecule has 0 aromatic heterocycles. The highest BCUT2D eigenvalue weighted by atomic mass is 16.1. The van der Waals surface area contributed by atoms with E-state index in [0.717, 1.165) is 38.4 Å². The SMILES string of the molecule is CCCNC(=O)CNC(=NC)N1CCC(c2ccccc2)C(C)C1. The summed E-state index contributed by atoms with van der Waals surface area (Å²) in [4.78, 5) is 18.4. The summed E-state index contributed by atoms with van der Waals surface area (Å²) >= 11 is 0. The lowest BCUT2D eigenvalue weighted by Gasteiger charge is -2.38. The van der Waals surface area contributed by atoms with Gasteiger partial charge in [-0.15, -0.1) is 0 Å². The van der Waals surface area contributed by atoms with Gasteiger partial charge < -0.3 is 15.5 Å². The third kappa shape index (κ3) is 4.98. The van der Waals surface area contributed by atoms with Crippen molar-refractivity contribution in [1.82, 2.24) is 15.5 Å². The molecule has 2 rings (SSSR count). The number of likely N-dealkylation sites (tertiary alicyclic amines) is 1. The lowest BCUT2D eigenvalue weighted by molar-refractivity contribution is -0.120. The van der Waals surface area contributed by atoms with Gasteiger partial charge in [0.1, 0.15) is 0 Å². The van der Waals surface area contributed by atoms with Crippen molar-refractivity contribution in [2.24, 2.45) is 10.9 Å². The fraction of sp³-hybridized carbons (Fsp3) is 0.579. The van der Waals surface area contributed by atoms with Crippen LogP contribution in [0, 0.1) is 5.92 Å². The first-order valence-corrected chi connectivity index (χ1v) is 8.93. The van der Waals surface area contributed by atoms with Crippen molar-refractivity contribution in [3.8, 4) is 0 Å². The van der Waals surface area contributed by atoms with Crippen LogP contribution in [-0.4, -0.2) is 50.0 Å². The van der Waals surface area contributed by atoms with Crippen LogP contribution in [0.25, 0.3) is 0 Å². The van der Waals surface area contributed by atoms with Crippen molar-refractivity contribution in [3.05, 3.63) is 35.9 Å². The number of nitrogens with zero attached hydrogens (tertiary/aromatic N) is 2. The van der Waals surface area contributed by atoms with Gasteiger partial charge in [0.2, 0.25) is 5.91 Å². The van der Waals surface area contributed by atoms with Crippen molar-refractivity contribution < 1.29 is 4.79 Å². The smallest absolute Gasteiger partial charge is 0.239 e. The van der Waals surface area contributed by atoms with Gasteiger partial charge >= 0.3 is 0 Å². The number of piperidine rings is 1. The van der Waals surface area contributed by atoms with Crippen LogP contribution >= 0.6 is 0 Å². The molecule has 0 aliphatic carbocycles. The maximum Gasteiger partial charge on any atom is 0.239 e. The molecule has 0 saturated carbocycles. The summed E-state index contributed by atoms with van der Waals surface area (Å²) in [7, 11) is 1.78. The van der Waals surface area contributed by atoms with Crippen LogP contribution in [-0.2, 0) is 4.79 Å². The third-order valence-electron chi connectivity index (χ3n) is 4.62. The number of benzene rings is 1. The van der Waals surface area contributed by atoms with E-state index < -0.39 is 0 Å². The van der Waals surface area contributed by atoms with Crippen LogP contribution < -0.4 is 10.6 Å². The highest BCUT2D eigenvalue weighted by molar-refractivity contribution is 5.86. The molecular formula is C19H30N4O. The number of carbonyl (C=O) groups is 1. The Morgan fingerprint density at radius 3 is 2.67 bits per heavy atom. The summed E-state index contributed by atoms with van der Waals surface area (Å²) in [5.74, 6) is 1.98. The topological polar surface area (TPSA) is 56.7 Å². The van der Waals surface area contributed by atoms with Crippen molar-refractivity contribution in [2.45, 2.75) is 32.6 Å². The predicted octanol–water partition coefficient (Wildman–Crippen LogP) is 2.21. The van der Waals surface area contributed by atoms with Crippen LogP contribution in [0.15, 0.2) is 35.3 Å². The average molecular weight is 330 g/mol. The molecule has 1 aliphatic heterocycles. The van der Waals surface area contributed by atoms with E-state index in [4.69, 9.17) is 0 Å². The first-order chi connectivity index (χ1) is 11.7. The van der Waals surface area contributed by atoms with E-state index >= 15 is 0 Å². The molecule has 24 heavy (non-hydrogen) atoms. The van der Waals surface area contributed by atoms with Crippen LogP contribution in [0.5, 0.6) is 0 Å². The Morgan fingerprint density at radius 2 is 2.04 bits per heavy atom. The summed E-state index contributed by atoms with van der Waals surface area (Å²) in [5, 5.41) is 6.06. The Labute approximate surface area is 145 Å². The quantitative estimate of drug-likeness (QED) is 0.643. The van der Waals surface area contributed by atoms with Crippen molar-refractivity contribution in [2.75, 3.05) is 33.2 Å². The molecule has 1 aromatic rings. The van der Waals surface area contributed by atoms with Crippen molar-refractivity contribution in [1.29, 1.82) is 0 Å². The van der Waals surface area contributed by atoms with Crippen LogP contribution in [0.3, 0.4) is 0 Å². The minimum absolute atomic E-state index is 0.0187. The molecule has 5 heteroatoms. The molecule has 1 heterocycles. The fourth-order valence-electron chi connectivity index (χ4n) is 3.35. The van der Waals surface area contributed by atoms with Crippen LogP contribution in [0.1, 0.15) is 38.2 Å². The molecule has 2 N–H and O–H groups in total. The zero-order valence-corrected chi connectivity index (χ0v) is 15.1. The lowest BCUT2D eigenvalue weighted by atomic mass is 9.82. The summed E-state index contributed by atoms with van der Waals surface area (Å²) in [6.45, 7) is 7.25. The van der Waals surface area contributed by atoms with Crippen LogP contribution in [0.4, 0.5) is 0 Å². The minimum atomic E-state index is 0.0187. The van der Waals surface area contributed by atoms with Gasteiger partial charge in [0.15, 0.2) is 5.96 Å². The number of hydrogen-bond acceptors (Lipinski definition) is 2. The molecule has 1 saturated heterocycles. The number of aliphatic imine (C=N–C) groups is 1. The fourth-order valence-corrected chi connectivity index (χ4v) is 3.35. The Hall–Kier alpha value is -2.04. The standard InChI is InChI=1S/C19H30N4O/c1-4-11-21-18(24)13-22-19(20-3)23-12-10-17(15(2)14-23)16-8-6-5-7-9-16/h5-9,15,17H,4,10-14H2,1-3H3,(H,20,22)(H,21,24). The van der Waals surface area contributed by atoms with E-state index in [1.807, 2.05) is 6.92 Å². The summed E-state index contributed by atoms with van der Waals surface area (Å²) < 4.78 is 0. The highest BCUT2D eigenvalue weighted by Crippen LogP contribution is 2.32. The molecule has 0 radical (unpaired) electrons. The summed E-state index contributed by atoms with van der Waals surface area (Å²) in [6.07, 6.45) is 2.05. The minimum Gasteiger partial charge on any atom is -0.355 e. The van der Waals surface area contributed by atoms with E-state index in [0.29, 0.717) is 11.8 Å². The second-order valence-corrected chi connectivity index (χ2v) is 6.48. The van der Waals surface area contributed by atoms with Gasteiger partial charge in [0.25, 0.3) is 0 Å². The largest absolute Gasteiger partial charge is 0.355 e. The molecule has 2 atom stereocenters. The maximum absolute atomic E-state index is 11.8. The molecule has 5 nitrogen and oxygen atoms in total. The van der Waals surface area contributed by atoms with Gasteiger partial charge in [-0.1, -0.05) is 44.2 Å². The normalized spacial score (nSPS) is 21.5. The Kier molecular flexibility index (Phi) is 7.09. The zero-order valence-electron chi connectivity index (χ0n) is 15.1. The van der Waals surface area contributed by atoms with E-state index in [9.17, 15) is 4.79 Å². The number of rotatable bonds is 5. The Morgan fingerprint density at radius 1 is 1.29 bits per heavy atom. The van der Waals surface area contributed by atoms with Gasteiger partial charge in [0.05, 0.1) is 6.54 Å². The Bertz CT molecular complexity index is 544. The first kappa shape index (κ1) is 18.3. The Balaban J connectivity index is 1.88. The highest BCUT2D eigenvalue weighted by Gasteiger charge is 2.28. The number of amides is 1. The van der Waals surface area contributed by atoms with Crippen molar-refractivity contribution >= 4 is 11.9 Å². The number of guanidine groups is 1. The summed E-state index contributed by atoms with van der Waals surface area (Å²) in [6, 6.07) is 10.7. The van der Waals surface area contributed by atoms with Gasteiger partial charge in [-0.2, -0.15) is 0 Å². The first-order valence-electron chi connectivity index (χ1n) is 8.93. The molecule has 2 unspecified atom stereocenters. The molecule has 1 aliphatic rings. The maximum atomic E-state index is 11.8. The van der Waals surface area contributed by atoms with E-state index in [2.05, 4.69) is 57.8 Å². The third-order valence-corrected chi connectivity index (χ3v) is 4.62. The van der Waals surface area contributed by atoms with E-state index in [1.54, 1.807) is 7.05 Å². The monoisotopic (exact) mass is 330 g/mol. The van der Waals surface area contributed by atoms with Crippen LogP contribution in [0.2, 0.25) is 0 Å². The summed E-state index contributed by atoms with van der Waals surface area (Å²) in [5.41, 5.74) is 1.42. The number of hydrogen-bond donors (Lipinski definition) is 2. The van der Waals surface area contributed by atoms with Gasteiger partial charge in [-0.05, 0) is 30.2 Å². The number of nitrogens with one attached hydrogen (secondary N) is 2. The van der Waals surface area contributed by atoms with Gasteiger partial charge in [-0.3, -0.25) is 9.79 Å².